The van der Waals surface area contributed by atoms with E-state index < -0.39 is 0 Å². The van der Waals surface area contributed by atoms with Gasteiger partial charge in [-0.25, -0.2) is 9.97 Å². The largest absolute Gasteiger partial charge is 0.456 e. The minimum Gasteiger partial charge on any atom is -0.456 e. The van der Waals surface area contributed by atoms with E-state index in [1.54, 1.807) is 0 Å². The van der Waals surface area contributed by atoms with Crippen molar-refractivity contribution in [1.29, 1.82) is 0 Å². The lowest BCUT2D eigenvalue weighted by Crippen LogP contribution is -2.03. The molecule has 0 saturated carbocycles. The number of furan rings is 1. The highest BCUT2D eigenvalue weighted by Crippen LogP contribution is 2.46. The summed E-state index contributed by atoms with van der Waals surface area (Å²) >= 11 is 0. The molecule has 0 aliphatic carbocycles. The molecule has 0 atom stereocenters. The van der Waals surface area contributed by atoms with E-state index in [4.69, 9.17) is 14.4 Å². The standard InChI is InChI=1S/C56H37N3O/c1-34-15-6-8-20-39(34)51-35(2)16-12-23-40(51)38-30-32-49-46(33-38)53-43(25-14-28-50(53)60-49)42-24-13-27-48-52(42)45-31-29-36-17-7-9-21-41(36)55(45)59(48)56-57-47-26-11-10-22-44(47)54(58-56)37-18-4-3-5-19-37/h3-33H,1-2H3. The van der Waals surface area contributed by atoms with Gasteiger partial charge in [-0.15, -0.1) is 0 Å². The van der Waals surface area contributed by atoms with E-state index in [1.165, 1.54) is 27.8 Å². The maximum atomic E-state index is 6.67. The molecule has 0 aliphatic heterocycles. The first-order valence-electron chi connectivity index (χ1n) is 20.5. The molecule has 0 radical (unpaired) electrons. The van der Waals surface area contributed by atoms with Crippen LogP contribution in [0, 0.1) is 13.8 Å². The summed E-state index contributed by atoms with van der Waals surface area (Å²) in [7, 11) is 0. The highest BCUT2D eigenvalue weighted by atomic mass is 16.3. The lowest BCUT2D eigenvalue weighted by atomic mass is 9.88. The van der Waals surface area contributed by atoms with Crippen molar-refractivity contribution in [3.05, 3.63) is 199 Å². The van der Waals surface area contributed by atoms with Gasteiger partial charge >= 0.3 is 0 Å². The third-order valence-electron chi connectivity index (χ3n) is 12.3. The van der Waals surface area contributed by atoms with Crippen LogP contribution < -0.4 is 0 Å². The summed E-state index contributed by atoms with van der Waals surface area (Å²) in [6.45, 7) is 4.40. The Kier molecular flexibility index (Phi) is 7.63. The van der Waals surface area contributed by atoms with Gasteiger partial charge in [0.05, 0.1) is 22.2 Å². The Morgan fingerprint density at radius 2 is 1.13 bits per heavy atom. The number of rotatable bonds is 5. The van der Waals surface area contributed by atoms with Crippen LogP contribution in [-0.4, -0.2) is 14.5 Å². The third kappa shape index (κ3) is 5.17. The lowest BCUT2D eigenvalue weighted by molar-refractivity contribution is 0.669. The normalized spacial score (nSPS) is 11.8. The Balaban J connectivity index is 1.15. The monoisotopic (exact) mass is 767 g/mol. The number of hydrogen-bond donors (Lipinski definition) is 0. The molecule has 0 unspecified atom stereocenters. The Bertz CT molecular complexity index is 3690. The molecule has 3 heterocycles. The molecule has 0 aliphatic rings. The zero-order valence-electron chi connectivity index (χ0n) is 33.1. The van der Waals surface area contributed by atoms with Crippen molar-refractivity contribution < 1.29 is 4.42 Å². The fraction of sp³-hybridized carbons (Fsp3) is 0.0357. The van der Waals surface area contributed by atoms with Gasteiger partial charge < -0.3 is 4.42 Å². The van der Waals surface area contributed by atoms with Gasteiger partial charge in [0.1, 0.15) is 11.2 Å². The van der Waals surface area contributed by atoms with Crippen LogP contribution in [0.1, 0.15) is 11.1 Å². The molecule has 4 nitrogen and oxygen atoms in total. The maximum Gasteiger partial charge on any atom is 0.235 e. The highest BCUT2D eigenvalue weighted by Gasteiger charge is 2.23. The molecule has 12 aromatic rings. The molecule has 3 aromatic heterocycles. The van der Waals surface area contributed by atoms with Crippen LogP contribution in [0.15, 0.2) is 192 Å². The smallest absolute Gasteiger partial charge is 0.235 e. The van der Waals surface area contributed by atoms with Crippen molar-refractivity contribution in [3.8, 4) is 50.6 Å². The first-order valence-corrected chi connectivity index (χ1v) is 20.5. The van der Waals surface area contributed by atoms with Gasteiger partial charge in [0.2, 0.25) is 5.95 Å². The molecule has 12 rings (SSSR count). The van der Waals surface area contributed by atoms with Crippen LogP contribution in [0.5, 0.6) is 0 Å². The summed E-state index contributed by atoms with van der Waals surface area (Å²) in [5.74, 6) is 0.639. The first kappa shape index (κ1) is 34.2. The second-order valence-electron chi connectivity index (χ2n) is 15.8. The molecule has 282 valence electrons. The molecule has 0 bridgehead atoms. The van der Waals surface area contributed by atoms with Crippen LogP contribution in [0.25, 0.3) is 116 Å². The molecule has 0 amide bonds. The van der Waals surface area contributed by atoms with E-state index in [9.17, 15) is 0 Å². The number of para-hydroxylation sites is 1. The number of aryl methyl sites for hydroxylation is 2. The van der Waals surface area contributed by atoms with Crippen LogP contribution in [0.4, 0.5) is 0 Å². The Labute approximate surface area is 346 Å². The van der Waals surface area contributed by atoms with E-state index in [0.717, 1.165) is 93.4 Å². The summed E-state index contributed by atoms with van der Waals surface area (Å²) < 4.78 is 8.95. The van der Waals surface area contributed by atoms with Crippen molar-refractivity contribution in [2.75, 3.05) is 0 Å². The van der Waals surface area contributed by atoms with Crippen molar-refractivity contribution in [2.45, 2.75) is 13.8 Å². The van der Waals surface area contributed by atoms with Crippen LogP contribution in [0.2, 0.25) is 0 Å². The van der Waals surface area contributed by atoms with Crippen molar-refractivity contribution in [2.24, 2.45) is 0 Å². The number of fused-ring (bicyclic) bond motifs is 9. The van der Waals surface area contributed by atoms with Gasteiger partial charge in [-0.05, 0) is 94.1 Å². The lowest BCUT2D eigenvalue weighted by Gasteiger charge is -2.15. The highest BCUT2D eigenvalue weighted by molar-refractivity contribution is 6.25. The van der Waals surface area contributed by atoms with Crippen LogP contribution >= 0.6 is 0 Å². The van der Waals surface area contributed by atoms with Gasteiger partial charge in [-0.1, -0.05) is 158 Å². The van der Waals surface area contributed by atoms with Gasteiger partial charge in [0.15, 0.2) is 0 Å². The first-order chi connectivity index (χ1) is 29.6. The molecule has 60 heavy (non-hydrogen) atoms. The van der Waals surface area contributed by atoms with Crippen LogP contribution in [0.3, 0.4) is 0 Å². The van der Waals surface area contributed by atoms with E-state index in [2.05, 4.69) is 200 Å². The number of benzene rings is 9. The van der Waals surface area contributed by atoms with E-state index in [0.29, 0.717) is 5.95 Å². The Hall–Kier alpha value is -7.82. The van der Waals surface area contributed by atoms with Crippen LogP contribution in [-0.2, 0) is 0 Å². The van der Waals surface area contributed by atoms with Crippen molar-refractivity contribution in [1.82, 2.24) is 14.5 Å². The van der Waals surface area contributed by atoms with Gasteiger partial charge in [0.25, 0.3) is 0 Å². The van der Waals surface area contributed by atoms with Crippen molar-refractivity contribution in [3.63, 3.8) is 0 Å². The molecular weight excluding hydrogens is 731 g/mol. The summed E-state index contributed by atoms with van der Waals surface area (Å²) in [6.07, 6.45) is 0. The fourth-order valence-electron chi connectivity index (χ4n) is 9.58. The number of aromatic nitrogens is 3. The molecular formula is C56H37N3O. The Morgan fingerprint density at radius 3 is 2.02 bits per heavy atom. The zero-order chi connectivity index (χ0) is 39.9. The minimum atomic E-state index is 0.639. The summed E-state index contributed by atoms with van der Waals surface area (Å²) in [4.78, 5) is 10.7. The molecule has 9 aromatic carbocycles. The van der Waals surface area contributed by atoms with E-state index in [1.807, 2.05) is 6.07 Å². The average molecular weight is 768 g/mol. The Morgan fingerprint density at radius 1 is 0.433 bits per heavy atom. The molecule has 0 N–H and O–H groups in total. The SMILES string of the molecule is Cc1ccccc1-c1c(C)cccc1-c1ccc2oc3cccc(-c4cccc5c4c4ccc6ccccc6c4n5-c4nc(-c5ccccc5)c5ccccc5n4)c3c2c1. The average Bonchev–Trinajstić information content (AvgIpc) is 3.85. The molecule has 4 heteroatoms. The second kappa shape index (κ2) is 13.4. The maximum absolute atomic E-state index is 6.67. The summed E-state index contributed by atoms with van der Waals surface area (Å²) in [5, 5.41) is 7.81. The molecule has 0 saturated heterocycles. The quantitative estimate of drug-likeness (QED) is 0.175. The zero-order valence-corrected chi connectivity index (χ0v) is 33.1. The predicted octanol–water partition coefficient (Wildman–Crippen LogP) is 15.1. The minimum absolute atomic E-state index is 0.639. The fourth-order valence-corrected chi connectivity index (χ4v) is 9.58. The second-order valence-corrected chi connectivity index (χ2v) is 15.8. The summed E-state index contributed by atoms with van der Waals surface area (Å²) in [6, 6.07) is 66.9. The molecule has 0 spiro atoms. The van der Waals surface area contributed by atoms with Gasteiger partial charge in [0, 0.05) is 37.9 Å². The number of nitrogens with zero attached hydrogens (tertiary/aromatic N) is 3. The van der Waals surface area contributed by atoms with E-state index >= 15 is 0 Å². The van der Waals surface area contributed by atoms with E-state index in [-0.39, 0.29) is 0 Å². The third-order valence-corrected chi connectivity index (χ3v) is 12.3. The van der Waals surface area contributed by atoms with Gasteiger partial charge in [-0.3, -0.25) is 4.57 Å². The van der Waals surface area contributed by atoms with Crippen molar-refractivity contribution >= 4 is 65.4 Å². The molecule has 0 fully saturated rings. The van der Waals surface area contributed by atoms with Gasteiger partial charge in [-0.2, -0.15) is 0 Å². The number of hydrogen-bond acceptors (Lipinski definition) is 3. The predicted molar refractivity (Wildman–Crippen MR) is 250 cm³/mol. The summed E-state index contributed by atoms with van der Waals surface area (Å²) in [5.41, 5.74) is 16.4. The topological polar surface area (TPSA) is 43.9 Å².